The van der Waals surface area contributed by atoms with Crippen LogP contribution in [-0.2, 0) is 27.2 Å². The Hall–Kier alpha value is -3.73. The van der Waals surface area contributed by atoms with Crippen LogP contribution in [0.15, 0.2) is 91.0 Å². The fourth-order valence-electron chi connectivity index (χ4n) is 5.13. The summed E-state index contributed by atoms with van der Waals surface area (Å²) in [6.07, 6.45) is 7.09. The number of nitrogens with zero attached hydrogens (tertiary/aromatic N) is 1. The van der Waals surface area contributed by atoms with E-state index in [2.05, 4.69) is 24.3 Å². The largest absolute Gasteiger partial charge is 0.461 e. The average molecular weight is 512 g/mol. The number of amides is 1. The van der Waals surface area contributed by atoms with E-state index in [9.17, 15) is 14.4 Å². The summed E-state index contributed by atoms with van der Waals surface area (Å²) >= 11 is 0. The van der Waals surface area contributed by atoms with Gasteiger partial charge in [0.05, 0.1) is 0 Å². The number of benzene rings is 3. The average Bonchev–Trinajstić information content (AvgIpc) is 2.98. The first-order chi connectivity index (χ1) is 18.6. The molecule has 3 aromatic carbocycles. The van der Waals surface area contributed by atoms with E-state index in [1.165, 1.54) is 16.0 Å². The van der Waals surface area contributed by atoms with Gasteiger partial charge in [0.25, 0.3) is 5.91 Å². The second-order valence-corrected chi connectivity index (χ2v) is 10.0. The summed E-state index contributed by atoms with van der Waals surface area (Å²) in [5.74, 6) is -1.58. The molecule has 4 rings (SSSR count). The number of aryl methyl sites for hydroxylation is 2. The molecule has 198 valence electrons. The van der Waals surface area contributed by atoms with Crippen LogP contribution >= 0.6 is 0 Å². The lowest BCUT2D eigenvalue weighted by atomic mass is 9.99. The van der Waals surface area contributed by atoms with E-state index in [-0.39, 0.29) is 12.1 Å². The van der Waals surface area contributed by atoms with Gasteiger partial charge in [-0.3, -0.25) is 9.59 Å². The Morgan fingerprint density at radius 1 is 0.737 bits per heavy atom. The Balaban J connectivity index is 1.39. The van der Waals surface area contributed by atoms with Crippen LogP contribution in [-0.4, -0.2) is 41.3 Å². The predicted octanol–water partition coefficient (Wildman–Crippen LogP) is 6.21. The lowest BCUT2D eigenvalue weighted by Gasteiger charge is -2.34. The van der Waals surface area contributed by atoms with Gasteiger partial charge in [0.15, 0.2) is 0 Å². The third kappa shape index (κ3) is 7.88. The number of hydrogen-bond donors (Lipinski definition) is 0. The predicted molar refractivity (Wildman–Crippen MR) is 149 cm³/mol. The zero-order chi connectivity index (χ0) is 26.6. The molecule has 38 heavy (non-hydrogen) atoms. The zero-order valence-electron chi connectivity index (χ0n) is 22.0. The van der Waals surface area contributed by atoms with Crippen LogP contribution in [0.5, 0.6) is 0 Å². The molecule has 3 aromatic rings. The fourth-order valence-corrected chi connectivity index (χ4v) is 5.13. The molecule has 1 fully saturated rings. The van der Waals surface area contributed by atoms with Crippen molar-refractivity contribution in [2.75, 3.05) is 6.54 Å². The number of Topliss-reactive ketones (excluding diaryl/α,β-unsaturated/α-hetero) is 1. The Bertz CT molecular complexity index is 1120. The van der Waals surface area contributed by atoms with E-state index in [0.29, 0.717) is 18.5 Å². The van der Waals surface area contributed by atoms with Gasteiger partial charge in [-0.15, -0.1) is 0 Å². The van der Waals surface area contributed by atoms with Crippen LogP contribution < -0.4 is 0 Å². The van der Waals surface area contributed by atoms with Crippen LogP contribution in [0.1, 0.15) is 66.4 Å². The van der Waals surface area contributed by atoms with E-state index < -0.39 is 17.7 Å². The first-order valence-electron chi connectivity index (χ1n) is 13.8. The van der Waals surface area contributed by atoms with Crippen LogP contribution in [0.2, 0.25) is 0 Å². The molecule has 0 radical (unpaired) electrons. The maximum Gasteiger partial charge on any atom is 0.329 e. The summed E-state index contributed by atoms with van der Waals surface area (Å²) in [4.78, 5) is 40.8. The number of rotatable bonds is 12. The van der Waals surface area contributed by atoms with Gasteiger partial charge < -0.3 is 9.64 Å². The fraction of sp³-hybridized carbons (Fsp3) is 0.364. The first kappa shape index (κ1) is 27.3. The number of hydrogen-bond acceptors (Lipinski definition) is 4. The van der Waals surface area contributed by atoms with Crippen molar-refractivity contribution >= 4 is 17.7 Å². The topological polar surface area (TPSA) is 63.7 Å². The minimum absolute atomic E-state index is 0.223. The molecule has 1 amide bonds. The molecule has 0 unspecified atom stereocenters. The third-order valence-electron chi connectivity index (χ3n) is 7.22. The molecule has 5 heteroatoms. The van der Waals surface area contributed by atoms with Gasteiger partial charge in [0, 0.05) is 12.1 Å². The molecule has 0 spiro atoms. The normalized spacial score (nSPS) is 15.3. The van der Waals surface area contributed by atoms with Crippen molar-refractivity contribution in [3.8, 4) is 0 Å². The number of esters is 1. The molecule has 1 aliphatic heterocycles. The minimum Gasteiger partial charge on any atom is -0.461 e. The molecule has 0 saturated carbocycles. The number of ether oxygens (including phenoxy) is 1. The molecular weight excluding hydrogens is 474 g/mol. The Morgan fingerprint density at radius 3 is 1.82 bits per heavy atom. The minimum atomic E-state index is -0.713. The number of ketones is 1. The highest BCUT2D eigenvalue weighted by molar-refractivity contribution is 6.43. The smallest absolute Gasteiger partial charge is 0.329 e. The first-order valence-corrected chi connectivity index (χ1v) is 13.8. The van der Waals surface area contributed by atoms with Crippen LogP contribution in [0.3, 0.4) is 0 Å². The van der Waals surface area contributed by atoms with Gasteiger partial charge in [0.2, 0.25) is 5.78 Å². The van der Waals surface area contributed by atoms with Crippen molar-refractivity contribution in [1.82, 2.24) is 4.90 Å². The van der Waals surface area contributed by atoms with Crippen molar-refractivity contribution < 1.29 is 19.1 Å². The molecule has 1 aliphatic rings. The number of carbonyl (C=O) groups excluding carboxylic acids is 3. The summed E-state index contributed by atoms with van der Waals surface area (Å²) in [6, 6.07) is 28.5. The van der Waals surface area contributed by atoms with Crippen molar-refractivity contribution in [2.45, 2.75) is 69.9 Å². The molecule has 1 saturated heterocycles. The maximum atomic E-state index is 13.4. The monoisotopic (exact) mass is 511 g/mol. The van der Waals surface area contributed by atoms with Crippen molar-refractivity contribution in [3.05, 3.63) is 108 Å². The van der Waals surface area contributed by atoms with Gasteiger partial charge in [-0.1, -0.05) is 91.0 Å². The Morgan fingerprint density at radius 2 is 1.26 bits per heavy atom. The molecule has 1 heterocycles. The highest BCUT2D eigenvalue weighted by atomic mass is 16.5. The quantitative estimate of drug-likeness (QED) is 0.165. The molecule has 1 atom stereocenters. The Kier molecular flexibility index (Phi) is 10.3. The maximum absolute atomic E-state index is 13.4. The standard InChI is InChI=1S/C33H37NO4/c35-31(28-20-8-3-9-21-28)32(36)34-25-11-10-24-30(34)33(37)38-29(22-12-18-26-14-4-1-5-15-26)23-13-19-27-16-6-2-7-17-27/h1-9,14-17,20-21,29-30H,10-13,18-19,22-25H2/t30-/m0/s1. The van der Waals surface area contributed by atoms with Gasteiger partial charge >= 0.3 is 5.97 Å². The SMILES string of the molecule is O=C(C(=O)N1CCCC[C@H]1C(=O)OC(CCCc1ccccc1)CCCc1ccccc1)c1ccccc1. The number of piperidine rings is 1. The van der Waals surface area contributed by atoms with E-state index in [1.54, 1.807) is 30.3 Å². The molecular formula is C33H37NO4. The highest BCUT2D eigenvalue weighted by Crippen LogP contribution is 2.23. The summed E-state index contributed by atoms with van der Waals surface area (Å²) in [6.45, 7) is 0.393. The second kappa shape index (κ2) is 14.3. The summed E-state index contributed by atoms with van der Waals surface area (Å²) in [5, 5.41) is 0. The number of carbonyl (C=O) groups is 3. The van der Waals surface area contributed by atoms with Crippen LogP contribution in [0.25, 0.3) is 0 Å². The van der Waals surface area contributed by atoms with E-state index in [1.807, 2.05) is 36.4 Å². The molecule has 0 bridgehead atoms. The van der Waals surface area contributed by atoms with Crippen molar-refractivity contribution in [2.24, 2.45) is 0 Å². The zero-order valence-corrected chi connectivity index (χ0v) is 22.0. The van der Waals surface area contributed by atoms with E-state index >= 15 is 0 Å². The molecule has 0 aromatic heterocycles. The van der Waals surface area contributed by atoms with Crippen LogP contribution in [0, 0.1) is 0 Å². The lowest BCUT2D eigenvalue weighted by Crippen LogP contribution is -2.51. The third-order valence-corrected chi connectivity index (χ3v) is 7.22. The van der Waals surface area contributed by atoms with Crippen LogP contribution in [0.4, 0.5) is 0 Å². The highest BCUT2D eigenvalue weighted by Gasteiger charge is 2.37. The summed E-state index contributed by atoms with van der Waals surface area (Å²) in [5.41, 5.74) is 2.88. The van der Waals surface area contributed by atoms with E-state index in [0.717, 1.165) is 51.4 Å². The van der Waals surface area contributed by atoms with Gasteiger partial charge in [-0.05, 0) is 68.9 Å². The molecule has 5 nitrogen and oxygen atoms in total. The summed E-state index contributed by atoms with van der Waals surface area (Å²) < 4.78 is 6.09. The van der Waals surface area contributed by atoms with Crippen molar-refractivity contribution in [3.63, 3.8) is 0 Å². The number of likely N-dealkylation sites (tertiary alicyclic amines) is 1. The second-order valence-electron chi connectivity index (χ2n) is 10.0. The summed E-state index contributed by atoms with van der Waals surface area (Å²) in [7, 11) is 0. The van der Waals surface area contributed by atoms with Gasteiger partial charge in [-0.2, -0.15) is 0 Å². The Labute approximate surface area is 225 Å². The molecule has 0 N–H and O–H groups in total. The van der Waals surface area contributed by atoms with Crippen molar-refractivity contribution in [1.29, 1.82) is 0 Å². The molecule has 0 aliphatic carbocycles. The van der Waals surface area contributed by atoms with Gasteiger partial charge in [0.1, 0.15) is 12.1 Å². The van der Waals surface area contributed by atoms with E-state index in [4.69, 9.17) is 4.74 Å². The van der Waals surface area contributed by atoms with Gasteiger partial charge in [-0.25, -0.2) is 4.79 Å². The lowest BCUT2D eigenvalue weighted by molar-refractivity contribution is -0.161.